The van der Waals surface area contributed by atoms with Gasteiger partial charge in [0.2, 0.25) is 0 Å². The van der Waals surface area contributed by atoms with E-state index < -0.39 is 0 Å². The van der Waals surface area contributed by atoms with Gasteiger partial charge in [-0.1, -0.05) is 41.9 Å². The monoisotopic (exact) mass is 441 g/mol. The third-order valence-corrected chi connectivity index (χ3v) is 6.60. The molecule has 2 N–H and O–H groups in total. The molecule has 0 radical (unpaired) electrons. The first-order chi connectivity index (χ1) is 15.7. The summed E-state index contributed by atoms with van der Waals surface area (Å²) in [7, 11) is 0. The quantitative estimate of drug-likeness (QED) is 0.415. The average molecular weight is 442 g/mol. The van der Waals surface area contributed by atoms with Crippen molar-refractivity contribution in [2.75, 3.05) is 31.5 Å². The summed E-state index contributed by atoms with van der Waals surface area (Å²) in [6.45, 7) is 4.82. The predicted molar refractivity (Wildman–Crippen MR) is 133 cm³/mol. The molecule has 2 aliphatic rings. The fourth-order valence-electron chi connectivity index (χ4n) is 4.67. The van der Waals surface area contributed by atoms with Crippen molar-refractivity contribution in [2.24, 2.45) is 4.99 Å². The van der Waals surface area contributed by atoms with Crippen LogP contribution in [0.5, 0.6) is 0 Å². The Balaban J connectivity index is 1.25. The second kappa shape index (κ2) is 8.01. The molecule has 5 nitrogen and oxygen atoms in total. The van der Waals surface area contributed by atoms with Crippen molar-refractivity contribution in [3.63, 3.8) is 0 Å². The molecular formula is C26H24ClN5. The fraction of sp³-hybridized carbons (Fsp3) is 0.192. The zero-order valence-electron chi connectivity index (χ0n) is 17.7. The average Bonchev–Trinajstić information content (AvgIpc) is 3.15. The molecule has 32 heavy (non-hydrogen) atoms. The number of nitrogens with one attached hydrogen (secondary N) is 2. The third kappa shape index (κ3) is 3.53. The molecule has 4 aromatic rings. The lowest BCUT2D eigenvalue weighted by Gasteiger charge is -2.36. The Morgan fingerprint density at radius 1 is 0.875 bits per heavy atom. The van der Waals surface area contributed by atoms with Crippen molar-refractivity contribution in [2.45, 2.75) is 6.54 Å². The maximum absolute atomic E-state index is 6.28. The number of aliphatic imine (C=N–C) groups is 1. The summed E-state index contributed by atoms with van der Waals surface area (Å²) in [5, 5.41) is 5.55. The molecule has 6 rings (SSSR count). The van der Waals surface area contributed by atoms with Gasteiger partial charge in [0.15, 0.2) is 0 Å². The van der Waals surface area contributed by atoms with Gasteiger partial charge in [0.25, 0.3) is 0 Å². The van der Waals surface area contributed by atoms with E-state index in [2.05, 4.69) is 74.8 Å². The topological polar surface area (TPSA) is 46.7 Å². The summed E-state index contributed by atoms with van der Waals surface area (Å²) < 4.78 is 0. The minimum atomic E-state index is 0.697. The van der Waals surface area contributed by atoms with Crippen LogP contribution in [-0.2, 0) is 6.54 Å². The van der Waals surface area contributed by atoms with Crippen molar-refractivity contribution in [1.29, 1.82) is 0 Å². The number of benzene rings is 3. The second-order valence-corrected chi connectivity index (χ2v) is 8.83. The molecule has 0 atom stereocenters. The van der Waals surface area contributed by atoms with Gasteiger partial charge in [-0.15, -0.1) is 0 Å². The van der Waals surface area contributed by atoms with Crippen molar-refractivity contribution >= 4 is 45.4 Å². The Morgan fingerprint density at radius 3 is 2.59 bits per heavy atom. The number of anilines is 2. The summed E-state index contributed by atoms with van der Waals surface area (Å²) in [6.07, 6.45) is 2.15. The molecule has 3 aromatic carbocycles. The molecule has 1 saturated heterocycles. The van der Waals surface area contributed by atoms with E-state index in [1.54, 1.807) is 0 Å². The molecule has 2 aliphatic heterocycles. The number of aromatic nitrogens is 1. The number of H-pyrrole nitrogens is 1. The predicted octanol–water partition coefficient (Wildman–Crippen LogP) is 5.77. The van der Waals surface area contributed by atoms with Crippen LogP contribution in [0.15, 0.2) is 77.9 Å². The number of hydrogen-bond donors (Lipinski definition) is 2. The van der Waals surface area contributed by atoms with Gasteiger partial charge in [-0.3, -0.25) is 4.90 Å². The summed E-state index contributed by atoms with van der Waals surface area (Å²) in [5.41, 5.74) is 6.63. The maximum Gasteiger partial charge on any atom is 0.138 e. The van der Waals surface area contributed by atoms with Crippen LogP contribution in [-0.4, -0.2) is 46.8 Å². The van der Waals surface area contributed by atoms with Crippen LogP contribution in [0.2, 0.25) is 5.02 Å². The lowest BCUT2D eigenvalue weighted by Crippen LogP contribution is -2.48. The number of aromatic amines is 1. The third-order valence-electron chi connectivity index (χ3n) is 6.36. The summed E-state index contributed by atoms with van der Waals surface area (Å²) >= 11 is 6.28. The fourth-order valence-corrected chi connectivity index (χ4v) is 4.84. The first kappa shape index (κ1) is 19.4. The maximum atomic E-state index is 6.28. The SMILES string of the molecule is Clc1ccc2c(c1)N=C(N1CCN(Cc3c[nH]c4ccccc34)CC1)c1ccccc1N2. The van der Waals surface area contributed by atoms with Gasteiger partial charge in [0.1, 0.15) is 5.84 Å². The Kier molecular flexibility index (Phi) is 4.86. The van der Waals surface area contributed by atoms with Crippen molar-refractivity contribution in [3.05, 3.63) is 89.1 Å². The lowest BCUT2D eigenvalue weighted by atomic mass is 10.1. The van der Waals surface area contributed by atoms with Gasteiger partial charge in [-0.2, -0.15) is 0 Å². The molecule has 0 saturated carbocycles. The largest absolute Gasteiger partial charge is 0.361 e. The van der Waals surface area contributed by atoms with Gasteiger partial charge in [0.05, 0.1) is 11.4 Å². The first-order valence-electron chi connectivity index (χ1n) is 11.0. The van der Waals surface area contributed by atoms with Gasteiger partial charge >= 0.3 is 0 Å². The summed E-state index contributed by atoms with van der Waals surface area (Å²) in [5.74, 6) is 1.01. The number of para-hydroxylation sites is 2. The lowest BCUT2D eigenvalue weighted by molar-refractivity contribution is 0.176. The highest BCUT2D eigenvalue weighted by molar-refractivity contribution is 6.31. The number of hydrogen-bond acceptors (Lipinski definition) is 4. The van der Waals surface area contributed by atoms with Gasteiger partial charge in [-0.25, -0.2) is 4.99 Å². The van der Waals surface area contributed by atoms with Crippen LogP contribution in [0.25, 0.3) is 10.9 Å². The highest BCUT2D eigenvalue weighted by atomic mass is 35.5. The Morgan fingerprint density at radius 2 is 1.69 bits per heavy atom. The molecule has 0 bridgehead atoms. The molecule has 0 amide bonds. The van der Waals surface area contributed by atoms with Crippen LogP contribution in [0.3, 0.4) is 0 Å². The molecule has 0 aliphatic carbocycles. The number of piperazine rings is 1. The van der Waals surface area contributed by atoms with E-state index >= 15 is 0 Å². The van der Waals surface area contributed by atoms with E-state index in [4.69, 9.17) is 16.6 Å². The van der Waals surface area contributed by atoms with E-state index in [1.807, 2.05) is 18.2 Å². The van der Waals surface area contributed by atoms with E-state index in [9.17, 15) is 0 Å². The van der Waals surface area contributed by atoms with E-state index in [0.717, 1.165) is 61.2 Å². The highest BCUT2D eigenvalue weighted by Crippen LogP contribution is 2.36. The number of fused-ring (bicyclic) bond motifs is 3. The molecule has 0 spiro atoms. The summed E-state index contributed by atoms with van der Waals surface area (Å²) in [4.78, 5) is 13.4. The number of amidine groups is 1. The number of nitrogens with zero attached hydrogens (tertiary/aromatic N) is 3. The van der Waals surface area contributed by atoms with Gasteiger partial charge < -0.3 is 15.2 Å². The zero-order valence-corrected chi connectivity index (χ0v) is 18.4. The van der Waals surface area contributed by atoms with E-state index in [1.165, 1.54) is 16.5 Å². The second-order valence-electron chi connectivity index (χ2n) is 8.39. The van der Waals surface area contributed by atoms with Crippen LogP contribution < -0.4 is 5.32 Å². The van der Waals surface area contributed by atoms with Gasteiger partial charge in [0, 0.05) is 66.1 Å². The number of rotatable bonds is 2. The van der Waals surface area contributed by atoms with Gasteiger partial charge in [-0.05, 0) is 42.0 Å². The van der Waals surface area contributed by atoms with E-state index in [0.29, 0.717) is 5.02 Å². The zero-order chi connectivity index (χ0) is 21.5. The molecule has 6 heteroatoms. The first-order valence-corrected chi connectivity index (χ1v) is 11.4. The minimum Gasteiger partial charge on any atom is -0.361 e. The Hall–Kier alpha value is -3.28. The molecule has 3 heterocycles. The van der Waals surface area contributed by atoms with Crippen molar-refractivity contribution < 1.29 is 0 Å². The molecule has 160 valence electrons. The van der Waals surface area contributed by atoms with Crippen molar-refractivity contribution in [1.82, 2.24) is 14.8 Å². The molecular weight excluding hydrogens is 418 g/mol. The molecule has 0 unspecified atom stereocenters. The number of halogens is 1. The van der Waals surface area contributed by atoms with Crippen LogP contribution in [0.4, 0.5) is 17.1 Å². The minimum absolute atomic E-state index is 0.697. The smallest absolute Gasteiger partial charge is 0.138 e. The highest BCUT2D eigenvalue weighted by Gasteiger charge is 2.25. The van der Waals surface area contributed by atoms with Crippen LogP contribution >= 0.6 is 11.6 Å². The Bertz CT molecular complexity index is 1320. The Labute approximate surface area is 192 Å². The standard InChI is InChI=1S/C26H24ClN5/c27-19-9-10-24-25(15-19)30-26(21-6-2-4-8-23(21)29-24)32-13-11-31(12-14-32)17-18-16-28-22-7-3-1-5-20(18)22/h1-10,15-16,28-29H,11-14,17H2. The van der Waals surface area contributed by atoms with E-state index in [-0.39, 0.29) is 0 Å². The molecule has 1 fully saturated rings. The van der Waals surface area contributed by atoms with Crippen LogP contribution in [0, 0.1) is 0 Å². The normalized spacial score (nSPS) is 16.2. The van der Waals surface area contributed by atoms with Crippen LogP contribution in [0.1, 0.15) is 11.1 Å². The van der Waals surface area contributed by atoms with Crippen molar-refractivity contribution in [3.8, 4) is 0 Å². The summed E-state index contributed by atoms with van der Waals surface area (Å²) in [6, 6.07) is 22.7. The molecule has 1 aromatic heterocycles.